The van der Waals surface area contributed by atoms with Gasteiger partial charge in [-0.25, -0.2) is 4.39 Å². The second-order valence-electron chi connectivity index (χ2n) is 4.07. The SMILES string of the molecule is COc1ccc(Br)cc1NC(=O)c1cc(N)cc(F)c1. The van der Waals surface area contributed by atoms with E-state index >= 15 is 0 Å². The normalized spacial score (nSPS) is 10.2. The highest BCUT2D eigenvalue weighted by Gasteiger charge is 2.11. The van der Waals surface area contributed by atoms with Crippen LogP contribution in [0.2, 0.25) is 0 Å². The predicted octanol–water partition coefficient (Wildman–Crippen LogP) is 3.43. The van der Waals surface area contributed by atoms with Gasteiger partial charge in [-0.1, -0.05) is 15.9 Å². The van der Waals surface area contributed by atoms with Crippen LogP contribution in [0.3, 0.4) is 0 Å². The van der Waals surface area contributed by atoms with Crippen molar-refractivity contribution < 1.29 is 13.9 Å². The number of anilines is 2. The Kier molecular flexibility index (Phi) is 4.24. The summed E-state index contributed by atoms with van der Waals surface area (Å²) >= 11 is 3.31. The summed E-state index contributed by atoms with van der Waals surface area (Å²) in [5.74, 6) is -0.519. The maximum absolute atomic E-state index is 13.2. The van der Waals surface area contributed by atoms with Gasteiger partial charge in [0.15, 0.2) is 0 Å². The number of ether oxygens (including phenoxy) is 1. The number of hydrogen-bond acceptors (Lipinski definition) is 3. The van der Waals surface area contributed by atoms with Crippen LogP contribution in [-0.4, -0.2) is 13.0 Å². The van der Waals surface area contributed by atoms with E-state index in [0.29, 0.717) is 11.4 Å². The molecule has 0 spiro atoms. The zero-order chi connectivity index (χ0) is 14.7. The molecule has 0 atom stereocenters. The van der Waals surface area contributed by atoms with Crippen LogP contribution >= 0.6 is 15.9 Å². The highest BCUT2D eigenvalue weighted by atomic mass is 79.9. The molecule has 0 radical (unpaired) electrons. The molecule has 2 aromatic carbocycles. The van der Waals surface area contributed by atoms with Gasteiger partial charge in [-0.3, -0.25) is 4.79 Å². The zero-order valence-corrected chi connectivity index (χ0v) is 12.2. The maximum Gasteiger partial charge on any atom is 0.255 e. The van der Waals surface area contributed by atoms with Crippen molar-refractivity contribution in [2.45, 2.75) is 0 Å². The third-order valence-corrected chi connectivity index (χ3v) is 3.09. The second kappa shape index (κ2) is 5.92. The van der Waals surface area contributed by atoms with Gasteiger partial charge in [0.1, 0.15) is 11.6 Å². The van der Waals surface area contributed by atoms with Crippen LogP contribution in [0.1, 0.15) is 10.4 Å². The van der Waals surface area contributed by atoms with E-state index in [-0.39, 0.29) is 11.3 Å². The molecule has 0 aliphatic rings. The van der Waals surface area contributed by atoms with Crippen molar-refractivity contribution in [3.63, 3.8) is 0 Å². The molecule has 0 heterocycles. The molecule has 1 amide bonds. The minimum atomic E-state index is -0.559. The highest BCUT2D eigenvalue weighted by Crippen LogP contribution is 2.28. The monoisotopic (exact) mass is 338 g/mol. The molecule has 0 aliphatic heterocycles. The lowest BCUT2D eigenvalue weighted by Gasteiger charge is -2.11. The average molecular weight is 339 g/mol. The average Bonchev–Trinajstić information content (AvgIpc) is 2.37. The van der Waals surface area contributed by atoms with Crippen LogP contribution in [-0.2, 0) is 0 Å². The summed E-state index contributed by atoms with van der Waals surface area (Å²) in [6.45, 7) is 0. The molecule has 0 aliphatic carbocycles. The van der Waals surface area contributed by atoms with Gasteiger partial charge in [0.2, 0.25) is 0 Å². The van der Waals surface area contributed by atoms with E-state index in [9.17, 15) is 9.18 Å². The van der Waals surface area contributed by atoms with E-state index in [1.165, 1.54) is 13.2 Å². The highest BCUT2D eigenvalue weighted by molar-refractivity contribution is 9.10. The van der Waals surface area contributed by atoms with E-state index < -0.39 is 11.7 Å². The first-order chi connectivity index (χ1) is 9.49. The number of amides is 1. The fourth-order valence-corrected chi connectivity index (χ4v) is 2.08. The number of halogens is 2. The Morgan fingerprint density at radius 2 is 2.05 bits per heavy atom. The first-order valence-electron chi connectivity index (χ1n) is 5.70. The number of benzene rings is 2. The summed E-state index contributed by atoms with van der Waals surface area (Å²) in [6, 6.07) is 8.86. The van der Waals surface area contributed by atoms with Gasteiger partial charge in [0.05, 0.1) is 12.8 Å². The number of carbonyl (C=O) groups excluding carboxylic acids is 1. The topological polar surface area (TPSA) is 64.3 Å². The first kappa shape index (κ1) is 14.3. The quantitative estimate of drug-likeness (QED) is 0.842. The van der Waals surface area contributed by atoms with Gasteiger partial charge in [0, 0.05) is 15.7 Å². The molecule has 0 bridgehead atoms. The standard InChI is InChI=1S/C14H12BrFN2O2/c1-20-13-3-2-9(15)6-12(13)18-14(19)8-4-10(16)7-11(17)5-8/h2-7H,17H2,1H3,(H,18,19). The maximum atomic E-state index is 13.2. The lowest BCUT2D eigenvalue weighted by Crippen LogP contribution is -2.13. The number of hydrogen-bond donors (Lipinski definition) is 2. The summed E-state index contributed by atoms with van der Waals surface area (Å²) in [4.78, 5) is 12.1. The lowest BCUT2D eigenvalue weighted by molar-refractivity contribution is 0.102. The van der Waals surface area contributed by atoms with Gasteiger partial charge in [-0.15, -0.1) is 0 Å². The summed E-state index contributed by atoms with van der Waals surface area (Å²) in [6.07, 6.45) is 0. The number of nitrogens with one attached hydrogen (secondary N) is 1. The number of methoxy groups -OCH3 is 1. The van der Waals surface area contributed by atoms with Crippen LogP contribution < -0.4 is 15.8 Å². The molecule has 6 heteroatoms. The number of carbonyl (C=O) groups is 1. The molecule has 3 N–H and O–H groups in total. The van der Waals surface area contributed by atoms with Crippen molar-refractivity contribution in [1.29, 1.82) is 0 Å². The van der Waals surface area contributed by atoms with Crippen LogP contribution in [0.25, 0.3) is 0 Å². The van der Waals surface area contributed by atoms with E-state index in [0.717, 1.165) is 16.6 Å². The Labute approximate surface area is 123 Å². The van der Waals surface area contributed by atoms with Gasteiger partial charge in [-0.05, 0) is 36.4 Å². The summed E-state index contributed by atoms with van der Waals surface area (Å²) in [5, 5.41) is 2.66. The minimum absolute atomic E-state index is 0.143. The molecule has 0 fully saturated rings. The number of nitrogens with two attached hydrogens (primary N) is 1. The fraction of sp³-hybridized carbons (Fsp3) is 0.0714. The van der Waals surface area contributed by atoms with Crippen molar-refractivity contribution in [3.05, 3.63) is 52.3 Å². The van der Waals surface area contributed by atoms with E-state index in [4.69, 9.17) is 10.5 Å². The lowest BCUT2D eigenvalue weighted by atomic mass is 10.1. The third kappa shape index (κ3) is 3.27. The van der Waals surface area contributed by atoms with Crippen molar-refractivity contribution >= 4 is 33.2 Å². The van der Waals surface area contributed by atoms with E-state index in [1.807, 2.05) is 0 Å². The smallest absolute Gasteiger partial charge is 0.255 e. The number of nitrogen functional groups attached to an aromatic ring is 1. The number of rotatable bonds is 3. The molecule has 2 aromatic rings. The van der Waals surface area contributed by atoms with Gasteiger partial charge >= 0.3 is 0 Å². The Bertz CT molecular complexity index is 641. The molecule has 0 saturated heterocycles. The van der Waals surface area contributed by atoms with Crippen molar-refractivity contribution in [2.75, 3.05) is 18.2 Å². The zero-order valence-electron chi connectivity index (χ0n) is 10.6. The van der Waals surface area contributed by atoms with E-state index in [2.05, 4.69) is 21.2 Å². The molecule has 104 valence electrons. The van der Waals surface area contributed by atoms with Crippen LogP contribution in [0, 0.1) is 5.82 Å². The van der Waals surface area contributed by atoms with Gasteiger partial charge in [-0.2, -0.15) is 0 Å². The summed E-state index contributed by atoms with van der Waals surface area (Å²) in [5.41, 5.74) is 6.33. The van der Waals surface area contributed by atoms with Crippen molar-refractivity contribution in [2.24, 2.45) is 0 Å². The molecular weight excluding hydrogens is 327 g/mol. The van der Waals surface area contributed by atoms with Gasteiger partial charge < -0.3 is 15.8 Å². The molecule has 20 heavy (non-hydrogen) atoms. The Balaban J connectivity index is 2.29. The Morgan fingerprint density at radius 3 is 2.70 bits per heavy atom. The van der Waals surface area contributed by atoms with E-state index in [1.54, 1.807) is 18.2 Å². The van der Waals surface area contributed by atoms with Crippen molar-refractivity contribution in [3.8, 4) is 5.75 Å². The largest absolute Gasteiger partial charge is 0.495 e. The second-order valence-corrected chi connectivity index (χ2v) is 4.99. The fourth-order valence-electron chi connectivity index (χ4n) is 1.72. The minimum Gasteiger partial charge on any atom is -0.495 e. The molecule has 0 aromatic heterocycles. The first-order valence-corrected chi connectivity index (χ1v) is 6.50. The van der Waals surface area contributed by atoms with Gasteiger partial charge in [0.25, 0.3) is 5.91 Å². The Morgan fingerprint density at radius 1 is 1.30 bits per heavy atom. The third-order valence-electron chi connectivity index (χ3n) is 2.59. The van der Waals surface area contributed by atoms with Crippen molar-refractivity contribution in [1.82, 2.24) is 0 Å². The summed E-state index contributed by atoms with van der Waals surface area (Å²) in [7, 11) is 1.50. The molecule has 2 rings (SSSR count). The summed E-state index contributed by atoms with van der Waals surface area (Å²) < 4.78 is 19.2. The molecule has 4 nitrogen and oxygen atoms in total. The predicted molar refractivity (Wildman–Crippen MR) is 79.5 cm³/mol. The molecule has 0 unspecified atom stereocenters. The van der Waals surface area contributed by atoms with Crippen LogP contribution in [0.15, 0.2) is 40.9 Å². The molecule has 0 saturated carbocycles. The van der Waals surface area contributed by atoms with Crippen LogP contribution in [0.4, 0.5) is 15.8 Å². The Hall–Kier alpha value is -2.08. The molecular formula is C14H12BrFN2O2. The van der Waals surface area contributed by atoms with Crippen LogP contribution in [0.5, 0.6) is 5.75 Å².